The summed E-state index contributed by atoms with van der Waals surface area (Å²) in [5, 5.41) is 0. The third kappa shape index (κ3) is 3.15. The lowest BCUT2D eigenvalue weighted by molar-refractivity contribution is -0.141. The lowest BCUT2D eigenvalue weighted by Crippen LogP contribution is -2.21. The third-order valence-corrected chi connectivity index (χ3v) is 3.70. The van der Waals surface area contributed by atoms with Crippen LogP contribution in [0.5, 0.6) is 11.5 Å². The minimum atomic E-state index is -0.144. The summed E-state index contributed by atoms with van der Waals surface area (Å²) in [5.41, 5.74) is 1.01. The molecule has 1 aromatic carbocycles. The summed E-state index contributed by atoms with van der Waals surface area (Å²) in [6.07, 6.45) is 1.45. The molecule has 0 amide bonds. The zero-order valence-corrected chi connectivity index (χ0v) is 12.2. The molecular weight excluding hydrogens is 258 g/mol. The van der Waals surface area contributed by atoms with E-state index in [9.17, 15) is 4.79 Å². The van der Waals surface area contributed by atoms with Crippen molar-refractivity contribution in [3.8, 4) is 11.5 Å². The van der Waals surface area contributed by atoms with Crippen molar-refractivity contribution in [2.45, 2.75) is 12.8 Å². The first kappa shape index (κ1) is 14.5. The highest BCUT2D eigenvalue weighted by Crippen LogP contribution is 2.35. The molecule has 1 aliphatic rings. The lowest BCUT2D eigenvalue weighted by atomic mass is 10.1. The molecule has 0 spiro atoms. The normalized spacial score (nSPS) is 17.9. The van der Waals surface area contributed by atoms with Gasteiger partial charge in [0.1, 0.15) is 11.5 Å². The Kier molecular flexibility index (Phi) is 4.71. The zero-order valence-electron chi connectivity index (χ0n) is 12.2. The standard InChI is InChI=1S/C15H21NO4/c1-18-12-4-5-14(19-2)13(9-12)16-7-6-11(10-16)8-15(17)20-3/h4-5,9,11H,6-8,10H2,1-3H3. The Balaban J connectivity index is 2.10. The van der Waals surface area contributed by atoms with Gasteiger partial charge in [0.2, 0.25) is 0 Å². The third-order valence-electron chi connectivity index (χ3n) is 3.70. The maximum absolute atomic E-state index is 11.3. The van der Waals surface area contributed by atoms with Gasteiger partial charge in [0.15, 0.2) is 0 Å². The van der Waals surface area contributed by atoms with E-state index < -0.39 is 0 Å². The SMILES string of the molecule is COC(=O)CC1CCN(c2cc(OC)ccc2OC)C1. The number of benzene rings is 1. The Hall–Kier alpha value is -1.91. The van der Waals surface area contributed by atoms with Gasteiger partial charge in [-0.3, -0.25) is 4.79 Å². The molecule has 0 radical (unpaired) electrons. The molecule has 110 valence electrons. The van der Waals surface area contributed by atoms with E-state index in [-0.39, 0.29) is 5.97 Å². The van der Waals surface area contributed by atoms with E-state index in [4.69, 9.17) is 14.2 Å². The van der Waals surface area contributed by atoms with Crippen LogP contribution in [0.15, 0.2) is 18.2 Å². The van der Waals surface area contributed by atoms with Crippen LogP contribution in [0.3, 0.4) is 0 Å². The van der Waals surface area contributed by atoms with Crippen molar-refractivity contribution in [1.82, 2.24) is 0 Å². The Morgan fingerprint density at radius 3 is 2.75 bits per heavy atom. The van der Waals surface area contributed by atoms with Crippen LogP contribution in [0.25, 0.3) is 0 Å². The summed E-state index contributed by atoms with van der Waals surface area (Å²) in [5.74, 6) is 1.81. The van der Waals surface area contributed by atoms with E-state index in [1.54, 1.807) is 14.2 Å². The molecule has 1 unspecified atom stereocenters. The molecule has 0 saturated carbocycles. The lowest BCUT2D eigenvalue weighted by Gasteiger charge is -2.22. The fraction of sp³-hybridized carbons (Fsp3) is 0.533. The van der Waals surface area contributed by atoms with E-state index in [2.05, 4.69) is 4.90 Å². The van der Waals surface area contributed by atoms with E-state index in [1.807, 2.05) is 18.2 Å². The van der Waals surface area contributed by atoms with Crippen LogP contribution < -0.4 is 14.4 Å². The quantitative estimate of drug-likeness (QED) is 0.772. The topological polar surface area (TPSA) is 48.0 Å². The highest BCUT2D eigenvalue weighted by molar-refractivity contribution is 5.70. The average molecular weight is 279 g/mol. The summed E-state index contributed by atoms with van der Waals surface area (Å²) < 4.78 is 15.4. The van der Waals surface area contributed by atoms with Crippen molar-refractivity contribution >= 4 is 11.7 Å². The number of rotatable bonds is 5. The number of hydrogen-bond acceptors (Lipinski definition) is 5. The predicted molar refractivity (Wildman–Crippen MR) is 76.5 cm³/mol. The molecule has 1 fully saturated rings. The predicted octanol–water partition coefficient (Wildman–Crippen LogP) is 2.09. The number of ether oxygens (including phenoxy) is 3. The number of anilines is 1. The molecule has 1 aliphatic heterocycles. The van der Waals surface area contributed by atoms with Gasteiger partial charge in [-0.1, -0.05) is 0 Å². The van der Waals surface area contributed by atoms with Crippen molar-refractivity contribution in [3.63, 3.8) is 0 Å². The van der Waals surface area contributed by atoms with Crippen LogP contribution in [0, 0.1) is 5.92 Å². The van der Waals surface area contributed by atoms with Gasteiger partial charge in [0, 0.05) is 19.2 Å². The number of esters is 1. The molecule has 2 rings (SSSR count). The second-order valence-electron chi connectivity index (χ2n) is 4.92. The first-order chi connectivity index (χ1) is 9.67. The van der Waals surface area contributed by atoms with E-state index in [0.29, 0.717) is 12.3 Å². The van der Waals surface area contributed by atoms with Gasteiger partial charge in [-0.25, -0.2) is 0 Å². The van der Waals surface area contributed by atoms with Gasteiger partial charge >= 0.3 is 5.97 Å². The highest BCUT2D eigenvalue weighted by atomic mass is 16.5. The molecule has 1 saturated heterocycles. The van der Waals surface area contributed by atoms with Crippen LogP contribution in [0.4, 0.5) is 5.69 Å². The Morgan fingerprint density at radius 1 is 1.30 bits per heavy atom. The monoisotopic (exact) mass is 279 g/mol. The average Bonchev–Trinajstić information content (AvgIpc) is 2.94. The van der Waals surface area contributed by atoms with Gasteiger partial charge in [-0.05, 0) is 24.5 Å². The molecule has 1 heterocycles. The number of methoxy groups -OCH3 is 3. The maximum atomic E-state index is 11.3. The van der Waals surface area contributed by atoms with Crippen LogP contribution in [0.1, 0.15) is 12.8 Å². The fourth-order valence-corrected chi connectivity index (χ4v) is 2.58. The van der Waals surface area contributed by atoms with Gasteiger partial charge < -0.3 is 19.1 Å². The van der Waals surface area contributed by atoms with Gasteiger partial charge in [0.05, 0.1) is 33.4 Å². The van der Waals surface area contributed by atoms with Crippen LogP contribution in [-0.4, -0.2) is 40.4 Å². The summed E-state index contributed by atoms with van der Waals surface area (Å²) in [6.45, 7) is 1.74. The second kappa shape index (κ2) is 6.50. The first-order valence-corrected chi connectivity index (χ1v) is 6.71. The molecule has 20 heavy (non-hydrogen) atoms. The number of carbonyl (C=O) groups excluding carboxylic acids is 1. The largest absolute Gasteiger partial charge is 0.497 e. The van der Waals surface area contributed by atoms with Crippen molar-refractivity contribution in [1.29, 1.82) is 0 Å². The Morgan fingerprint density at radius 2 is 2.10 bits per heavy atom. The minimum absolute atomic E-state index is 0.144. The van der Waals surface area contributed by atoms with Gasteiger partial charge in [0.25, 0.3) is 0 Å². The molecule has 1 atom stereocenters. The summed E-state index contributed by atoms with van der Waals surface area (Å²) in [4.78, 5) is 13.6. The molecule has 0 N–H and O–H groups in total. The zero-order chi connectivity index (χ0) is 14.5. The molecule has 0 bridgehead atoms. The Bertz CT molecular complexity index is 475. The molecule has 0 aromatic heterocycles. The molecule has 1 aromatic rings. The van der Waals surface area contributed by atoms with Crippen LogP contribution in [0.2, 0.25) is 0 Å². The number of nitrogens with zero attached hydrogens (tertiary/aromatic N) is 1. The molecule has 5 nitrogen and oxygen atoms in total. The van der Waals surface area contributed by atoms with Crippen LogP contribution in [-0.2, 0) is 9.53 Å². The van der Waals surface area contributed by atoms with Crippen molar-refractivity contribution < 1.29 is 19.0 Å². The maximum Gasteiger partial charge on any atom is 0.305 e. The summed E-state index contributed by atoms with van der Waals surface area (Å²) in [7, 11) is 4.74. The summed E-state index contributed by atoms with van der Waals surface area (Å²) >= 11 is 0. The van der Waals surface area contributed by atoms with E-state index >= 15 is 0 Å². The fourth-order valence-electron chi connectivity index (χ4n) is 2.58. The molecule has 0 aliphatic carbocycles. The second-order valence-corrected chi connectivity index (χ2v) is 4.92. The van der Waals surface area contributed by atoms with Crippen molar-refractivity contribution in [2.75, 3.05) is 39.3 Å². The van der Waals surface area contributed by atoms with Crippen molar-refractivity contribution in [3.05, 3.63) is 18.2 Å². The number of carbonyl (C=O) groups is 1. The smallest absolute Gasteiger partial charge is 0.305 e. The van der Waals surface area contributed by atoms with Gasteiger partial charge in [-0.2, -0.15) is 0 Å². The highest BCUT2D eigenvalue weighted by Gasteiger charge is 2.27. The molecular formula is C15H21NO4. The number of hydrogen-bond donors (Lipinski definition) is 0. The van der Waals surface area contributed by atoms with E-state index in [1.165, 1.54) is 7.11 Å². The summed E-state index contributed by atoms with van der Waals surface area (Å²) in [6, 6.07) is 5.76. The van der Waals surface area contributed by atoms with Gasteiger partial charge in [-0.15, -0.1) is 0 Å². The first-order valence-electron chi connectivity index (χ1n) is 6.71. The van der Waals surface area contributed by atoms with E-state index in [0.717, 1.165) is 36.7 Å². The Labute approximate surface area is 119 Å². The van der Waals surface area contributed by atoms with Crippen molar-refractivity contribution in [2.24, 2.45) is 5.92 Å². The van der Waals surface area contributed by atoms with Crippen LogP contribution >= 0.6 is 0 Å². The minimum Gasteiger partial charge on any atom is -0.497 e. The molecule has 5 heteroatoms.